The molecule has 0 saturated carbocycles. The summed E-state index contributed by atoms with van der Waals surface area (Å²) in [7, 11) is 0. The topological polar surface area (TPSA) is 128 Å². The first-order valence-corrected chi connectivity index (χ1v) is 10.4. The van der Waals surface area contributed by atoms with Crippen molar-refractivity contribution in [3.05, 3.63) is 18.9 Å². The van der Waals surface area contributed by atoms with E-state index in [9.17, 15) is 19.5 Å². The van der Waals surface area contributed by atoms with E-state index in [0.717, 1.165) is 0 Å². The molecule has 0 bridgehead atoms. The van der Waals surface area contributed by atoms with Gasteiger partial charge in [-0.15, -0.1) is 0 Å². The number of alkyl halides is 1. The first-order chi connectivity index (χ1) is 11.5. The number of carbonyl (C=O) groups excluding carboxylic acids is 3. The van der Waals surface area contributed by atoms with Crippen LogP contribution in [0.25, 0.3) is 0 Å². The number of allylic oxidation sites excluding steroid dienone is 1. The molecular formula is C14H18I3N3O5. The first-order valence-electron chi connectivity index (χ1n) is 7.12. The van der Waals surface area contributed by atoms with Gasteiger partial charge < -0.3 is 26.2 Å². The van der Waals surface area contributed by atoms with Crippen LogP contribution in [0, 0.1) is 5.92 Å². The summed E-state index contributed by atoms with van der Waals surface area (Å²) in [6.45, 7) is 2.12. The van der Waals surface area contributed by atoms with Crippen LogP contribution >= 0.6 is 67.8 Å². The van der Waals surface area contributed by atoms with E-state index >= 15 is 0 Å². The molecule has 1 aliphatic carbocycles. The lowest BCUT2D eigenvalue weighted by Crippen LogP contribution is -2.55. The number of aliphatic hydroxyl groups excluding tert-OH is 2. The Morgan fingerprint density at radius 3 is 2.36 bits per heavy atom. The fourth-order valence-corrected chi connectivity index (χ4v) is 7.26. The summed E-state index contributed by atoms with van der Waals surface area (Å²) < 4.78 is 0.214. The van der Waals surface area contributed by atoms with Crippen LogP contribution in [0.15, 0.2) is 18.9 Å². The molecule has 11 heteroatoms. The summed E-state index contributed by atoms with van der Waals surface area (Å²) >= 11 is 5.99. The van der Waals surface area contributed by atoms with Gasteiger partial charge in [0.1, 0.15) is 9.46 Å². The lowest BCUT2D eigenvalue weighted by atomic mass is 9.92. The highest BCUT2D eigenvalue weighted by Crippen LogP contribution is 2.45. The van der Waals surface area contributed by atoms with E-state index in [1.54, 1.807) is 6.08 Å². The zero-order valence-corrected chi connectivity index (χ0v) is 19.9. The fraction of sp³-hybridized carbons (Fsp3) is 0.500. The third-order valence-corrected chi connectivity index (χ3v) is 6.36. The minimum Gasteiger partial charge on any atom is -0.394 e. The summed E-state index contributed by atoms with van der Waals surface area (Å²) in [5.74, 6) is -1.84. The van der Waals surface area contributed by atoms with Gasteiger partial charge in [-0.1, -0.05) is 0 Å². The normalized spacial score (nSPS) is 24.3. The van der Waals surface area contributed by atoms with Crippen molar-refractivity contribution in [2.45, 2.75) is 23.5 Å². The lowest BCUT2D eigenvalue weighted by molar-refractivity contribution is -0.126. The van der Waals surface area contributed by atoms with Gasteiger partial charge >= 0.3 is 0 Å². The van der Waals surface area contributed by atoms with E-state index in [-0.39, 0.29) is 18.4 Å². The summed E-state index contributed by atoms with van der Waals surface area (Å²) in [5, 5.41) is 26.4. The molecule has 25 heavy (non-hydrogen) atoms. The maximum atomic E-state index is 12.7. The summed E-state index contributed by atoms with van der Waals surface area (Å²) in [6, 6.07) is 0. The zero-order valence-electron chi connectivity index (χ0n) is 13.4. The van der Waals surface area contributed by atoms with E-state index in [2.05, 4.69) is 16.0 Å². The number of hydrogen-bond acceptors (Lipinski definition) is 5. The quantitative estimate of drug-likeness (QED) is 0.158. The number of halogens is 3. The molecule has 3 amide bonds. The average Bonchev–Trinajstić information content (AvgIpc) is 2.47. The molecule has 0 saturated heterocycles. The molecule has 1 aliphatic rings. The molecule has 0 spiro atoms. The second-order valence-electron chi connectivity index (χ2n) is 5.36. The minimum atomic E-state index is -1.08. The maximum Gasteiger partial charge on any atom is 0.231 e. The van der Waals surface area contributed by atoms with E-state index in [0.29, 0.717) is 12.9 Å². The van der Waals surface area contributed by atoms with Crippen LogP contribution in [0.2, 0.25) is 0 Å². The van der Waals surface area contributed by atoms with Gasteiger partial charge in [0.15, 0.2) is 0 Å². The van der Waals surface area contributed by atoms with Gasteiger partial charge in [0, 0.05) is 27.6 Å². The monoisotopic (exact) mass is 689 g/mol. The van der Waals surface area contributed by atoms with E-state index in [1.807, 2.05) is 67.8 Å². The minimum absolute atomic E-state index is 0.126. The Morgan fingerprint density at radius 2 is 1.88 bits per heavy atom. The van der Waals surface area contributed by atoms with Gasteiger partial charge in [-0.25, -0.2) is 0 Å². The molecule has 3 atom stereocenters. The molecule has 140 valence electrons. The van der Waals surface area contributed by atoms with Gasteiger partial charge in [0.2, 0.25) is 17.7 Å². The van der Waals surface area contributed by atoms with Crippen LogP contribution < -0.4 is 16.0 Å². The van der Waals surface area contributed by atoms with Crippen LogP contribution in [-0.4, -0.2) is 50.7 Å². The predicted molar refractivity (Wildman–Crippen MR) is 117 cm³/mol. The Kier molecular flexibility index (Phi) is 9.03. The summed E-state index contributed by atoms with van der Waals surface area (Å²) in [6.07, 6.45) is 0.624. The molecule has 5 N–H and O–H groups in total. The van der Waals surface area contributed by atoms with Crippen molar-refractivity contribution in [1.82, 2.24) is 16.0 Å². The van der Waals surface area contributed by atoms with Crippen LogP contribution in [0.3, 0.4) is 0 Å². The Balaban J connectivity index is 3.26. The molecular weight excluding hydrogens is 671 g/mol. The number of amides is 3. The standard InChI is InChI=1S/C14H18I3N3O5/c1-6(22)19-12-9(15)3-14(17,20-7(2)23)10(11(12)16)13(25)18-4-8(24)5-21/h3,8,10,21,24H,4-5H2,1-2H3,(H,18,25)(H,19,22)(H,20,23). The second-order valence-corrected chi connectivity index (χ2v) is 9.47. The predicted octanol–water partition coefficient (Wildman–Crippen LogP) is 0.455. The van der Waals surface area contributed by atoms with Crippen molar-refractivity contribution >= 4 is 85.5 Å². The van der Waals surface area contributed by atoms with Crippen molar-refractivity contribution in [1.29, 1.82) is 0 Å². The van der Waals surface area contributed by atoms with E-state index < -0.39 is 28.1 Å². The van der Waals surface area contributed by atoms with Crippen LogP contribution in [0.1, 0.15) is 13.8 Å². The van der Waals surface area contributed by atoms with Crippen LogP contribution in [-0.2, 0) is 14.4 Å². The highest BCUT2D eigenvalue weighted by Gasteiger charge is 2.46. The van der Waals surface area contributed by atoms with Crippen molar-refractivity contribution in [3.63, 3.8) is 0 Å². The van der Waals surface area contributed by atoms with Crippen molar-refractivity contribution in [3.8, 4) is 0 Å². The lowest BCUT2D eigenvalue weighted by Gasteiger charge is -2.37. The SMILES string of the molecule is CC(=O)NC1=C(I)C(C(=O)NCC(O)CO)C(I)(NC(C)=O)C=C1I. The number of aliphatic hydroxyl groups is 2. The van der Waals surface area contributed by atoms with Gasteiger partial charge in [0.05, 0.1) is 18.4 Å². The molecule has 0 aromatic heterocycles. The Bertz CT molecular complexity index is 637. The van der Waals surface area contributed by atoms with E-state index in [1.165, 1.54) is 13.8 Å². The number of carbonyl (C=O) groups is 3. The van der Waals surface area contributed by atoms with Crippen molar-refractivity contribution in [2.75, 3.05) is 13.2 Å². The molecule has 8 nitrogen and oxygen atoms in total. The summed E-state index contributed by atoms with van der Waals surface area (Å²) in [4.78, 5) is 35.8. The third-order valence-electron chi connectivity index (χ3n) is 3.14. The zero-order chi connectivity index (χ0) is 19.4. The Labute approximate surface area is 186 Å². The molecule has 1 rings (SSSR count). The molecule has 3 unspecified atom stereocenters. The molecule has 0 aromatic carbocycles. The third kappa shape index (κ3) is 6.28. The number of hydrogen-bond donors (Lipinski definition) is 5. The maximum absolute atomic E-state index is 12.7. The van der Waals surface area contributed by atoms with Crippen molar-refractivity contribution < 1.29 is 24.6 Å². The molecule has 0 aromatic rings. The second kappa shape index (κ2) is 9.80. The average molecular weight is 689 g/mol. The molecule has 0 fully saturated rings. The summed E-state index contributed by atoms with van der Waals surface area (Å²) in [5.41, 5.74) is 0.509. The van der Waals surface area contributed by atoms with Gasteiger partial charge in [-0.3, -0.25) is 14.4 Å². The Hall–Kier alpha value is -0.000000000000000222. The van der Waals surface area contributed by atoms with Gasteiger partial charge in [0.25, 0.3) is 0 Å². The van der Waals surface area contributed by atoms with Crippen LogP contribution in [0.4, 0.5) is 0 Å². The number of rotatable bonds is 6. The highest BCUT2D eigenvalue weighted by atomic mass is 127. The Morgan fingerprint density at radius 1 is 1.28 bits per heavy atom. The first kappa shape index (κ1) is 23.0. The van der Waals surface area contributed by atoms with Crippen molar-refractivity contribution in [2.24, 2.45) is 5.92 Å². The van der Waals surface area contributed by atoms with Crippen LogP contribution in [0.5, 0.6) is 0 Å². The molecule has 0 heterocycles. The largest absolute Gasteiger partial charge is 0.394 e. The smallest absolute Gasteiger partial charge is 0.231 e. The molecule has 0 aliphatic heterocycles. The van der Waals surface area contributed by atoms with Gasteiger partial charge in [-0.2, -0.15) is 0 Å². The van der Waals surface area contributed by atoms with E-state index in [4.69, 9.17) is 5.11 Å². The molecule has 0 radical (unpaired) electrons. The fourth-order valence-electron chi connectivity index (χ4n) is 2.15. The van der Waals surface area contributed by atoms with Gasteiger partial charge in [-0.05, 0) is 73.8 Å². The highest BCUT2D eigenvalue weighted by molar-refractivity contribution is 14.1. The number of nitrogens with one attached hydrogen (secondary N) is 3.